The van der Waals surface area contributed by atoms with Crippen molar-refractivity contribution < 1.29 is 14.4 Å². The summed E-state index contributed by atoms with van der Waals surface area (Å²) in [4.78, 5) is 15.3. The molecule has 0 bridgehead atoms. The number of nitrogens with one attached hydrogen (secondary N) is 2. The molecule has 0 radical (unpaired) electrons. The molecule has 2 heterocycles. The van der Waals surface area contributed by atoms with Gasteiger partial charge in [-0.2, -0.15) is 0 Å². The van der Waals surface area contributed by atoms with E-state index in [0.717, 1.165) is 30.0 Å². The van der Waals surface area contributed by atoms with E-state index in [9.17, 15) is 4.79 Å². The van der Waals surface area contributed by atoms with Gasteiger partial charge in [0, 0.05) is 18.5 Å². The largest absolute Gasteiger partial charge is 0.489 e. The van der Waals surface area contributed by atoms with Crippen LogP contribution in [0.3, 0.4) is 0 Å². The number of likely N-dealkylation sites (tertiary alicyclic amines) is 1. The van der Waals surface area contributed by atoms with E-state index in [4.69, 9.17) is 4.74 Å². The lowest BCUT2D eigenvalue weighted by Gasteiger charge is -2.20. The van der Waals surface area contributed by atoms with Gasteiger partial charge in [0.2, 0.25) is 0 Å². The molecule has 1 aliphatic rings. The summed E-state index contributed by atoms with van der Waals surface area (Å²) in [5.74, 6) is 0.862. The van der Waals surface area contributed by atoms with Crippen LogP contribution in [0.5, 0.6) is 5.75 Å². The van der Waals surface area contributed by atoms with Crippen LogP contribution >= 0.6 is 11.3 Å². The number of hydrogen-bond acceptors (Lipinski definition) is 3. The maximum Gasteiger partial charge on any atom is 0.279 e. The van der Waals surface area contributed by atoms with E-state index < -0.39 is 0 Å². The lowest BCUT2D eigenvalue weighted by molar-refractivity contribution is -0.910. The lowest BCUT2D eigenvalue weighted by Crippen LogP contribution is -3.11. The molecular weight excluding hydrogens is 368 g/mol. The molecule has 1 aliphatic heterocycles. The second-order valence-electron chi connectivity index (χ2n) is 7.14. The number of carbonyl (C=O) groups is 1. The summed E-state index contributed by atoms with van der Waals surface area (Å²) in [5.41, 5.74) is 1.94. The van der Waals surface area contributed by atoms with Crippen molar-refractivity contribution in [1.82, 2.24) is 0 Å². The summed E-state index contributed by atoms with van der Waals surface area (Å²) in [6.07, 6.45) is 2.34. The minimum absolute atomic E-state index is 0.0661. The van der Waals surface area contributed by atoms with Gasteiger partial charge in [0.05, 0.1) is 11.4 Å². The number of amides is 1. The first-order chi connectivity index (χ1) is 13.8. The molecule has 1 amide bonds. The molecule has 4 nitrogen and oxygen atoms in total. The number of carbonyl (C=O) groups excluding carboxylic acids is 1. The number of thiophene rings is 1. The molecule has 4 rings (SSSR count). The first-order valence-corrected chi connectivity index (χ1v) is 10.6. The maximum atomic E-state index is 12.5. The number of anilines is 1. The Morgan fingerprint density at radius 2 is 1.89 bits per heavy atom. The van der Waals surface area contributed by atoms with Crippen LogP contribution in [-0.4, -0.2) is 19.0 Å². The number of hydrogen-bond donors (Lipinski definition) is 2. The Morgan fingerprint density at radius 3 is 2.64 bits per heavy atom. The van der Waals surface area contributed by atoms with Gasteiger partial charge in [0.15, 0.2) is 6.54 Å². The fourth-order valence-electron chi connectivity index (χ4n) is 3.74. The zero-order valence-electron chi connectivity index (χ0n) is 15.8. The first kappa shape index (κ1) is 18.7. The van der Waals surface area contributed by atoms with Crippen LogP contribution in [0.15, 0.2) is 72.1 Å². The summed E-state index contributed by atoms with van der Waals surface area (Å²) in [5, 5.41) is 5.14. The SMILES string of the molecule is O=C(C[NH+]1CCC[C@@H]1c1cccs1)Nc1ccc(OCc2ccccc2)cc1. The third-order valence-corrected chi connectivity index (χ3v) is 6.13. The summed E-state index contributed by atoms with van der Waals surface area (Å²) in [7, 11) is 0. The van der Waals surface area contributed by atoms with E-state index in [1.54, 1.807) is 11.3 Å². The Kier molecular flexibility index (Phi) is 6.04. The van der Waals surface area contributed by atoms with Crippen LogP contribution in [0.4, 0.5) is 5.69 Å². The summed E-state index contributed by atoms with van der Waals surface area (Å²) >= 11 is 1.79. The fourth-order valence-corrected chi connectivity index (χ4v) is 4.66. The molecule has 1 fully saturated rings. The maximum absolute atomic E-state index is 12.5. The highest BCUT2D eigenvalue weighted by molar-refractivity contribution is 7.10. The fraction of sp³-hybridized carbons (Fsp3) is 0.261. The summed E-state index contributed by atoms with van der Waals surface area (Å²) < 4.78 is 5.80. The van der Waals surface area contributed by atoms with Crippen LogP contribution < -0.4 is 15.0 Å². The quantitative estimate of drug-likeness (QED) is 0.643. The topological polar surface area (TPSA) is 42.8 Å². The molecule has 3 aromatic rings. The van der Waals surface area contributed by atoms with Crippen molar-refractivity contribution in [2.45, 2.75) is 25.5 Å². The highest BCUT2D eigenvalue weighted by atomic mass is 32.1. The van der Waals surface area contributed by atoms with Crippen LogP contribution in [0.25, 0.3) is 0 Å². The van der Waals surface area contributed by atoms with Crippen molar-refractivity contribution in [2.75, 3.05) is 18.4 Å². The van der Waals surface area contributed by atoms with Gasteiger partial charge in [-0.25, -0.2) is 0 Å². The third-order valence-electron chi connectivity index (χ3n) is 5.14. The molecule has 2 atom stereocenters. The van der Waals surface area contributed by atoms with Gasteiger partial charge in [0.25, 0.3) is 5.91 Å². The monoisotopic (exact) mass is 393 g/mol. The molecule has 1 unspecified atom stereocenters. The molecular formula is C23H25N2O2S+. The summed E-state index contributed by atoms with van der Waals surface area (Å²) in [6, 6.07) is 22.4. The van der Waals surface area contributed by atoms with Crippen molar-refractivity contribution >= 4 is 22.9 Å². The van der Waals surface area contributed by atoms with Crippen LogP contribution in [0.1, 0.15) is 29.3 Å². The van der Waals surface area contributed by atoms with Crippen molar-refractivity contribution in [3.63, 3.8) is 0 Å². The highest BCUT2D eigenvalue weighted by Crippen LogP contribution is 2.23. The normalized spacial score (nSPS) is 18.7. The van der Waals surface area contributed by atoms with E-state index >= 15 is 0 Å². The molecule has 1 aromatic heterocycles. The lowest BCUT2D eigenvalue weighted by atomic mass is 10.2. The van der Waals surface area contributed by atoms with Gasteiger partial charge in [-0.15, -0.1) is 11.3 Å². The van der Waals surface area contributed by atoms with E-state index in [-0.39, 0.29) is 5.91 Å². The average molecular weight is 394 g/mol. The standard InChI is InChI=1S/C23H24N2O2S/c26-23(16-25-14-4-8-21(25)22-9-5-15-28-22)24-19-10-12-20(13-11-19)27-17-18-6-2-1-3-7-18/h1-3,5-7,9-13,15,21H,4,8,14,16-17H2,(H,24,26)/p+1/t21-/m1/s1. The van der Waals surface area contributed by atoms with E-state index in [1.807, 2.05) is 54.6 Å². The Bertz CT molecular complexity index is 879. The molecule has 2 aromatic carbocycles. The molecule has 2 N–H and O–H groups in total. The Morgan fingerprint density at radius 1 is 1.07 bits per heavy atom. The minimum atomic E-state index is 0.0661. The minimum Gasteiger partial charge on any atom is -0.489 e. The zero-order chi connectivity index (χ0) is 19.2. The van der Waals surface area contributed by atoms with Gasteiger partial charge < -0.3 is 15.0 Å². The highest BCUT2D eigenvalue weighted by Gasteiger charge is 2.32. The second kappa shape index (κ2) is 9.04. The van der Waals surface area contributed by atoms with Gasteiger partial charge in [-0.3, -0.25) is 4.79 Å². The van der Waals surface area contributed by atoms with Gasteiger partial charge in [-0.05, 0) is 41.3 Å². The van der Waals surface area contributed by atoms with Crippen LogP contribution in [-0.2, 0) is 11.4 Å². The Hall–Kier alpha value is -2.63. The van der Waals surface area contributed by atoms with Crippen molar-refractivity contribution in [1.29, 1.82) is 0 Å². The zero-order valence-corrected chi connectivity index (χ0v) is 16.6. The molecule has 0 saturated carbocycles. The number of quaternary nitrogens is 1. The first-order valence-electron chi connectivity index (χ1n) is 9.72. The third kappa shape index (κ3) is 4.80. The predicted octanol–water partition coefficient (Wildman–Crippen LogP) is 3.69. The van der Waals surface area contributed by atoms with E-state index in [0.29, 0.717) is 19.2 Å². The van der Waals surface area contributed by atoms with Gasteiger partial charge in [0.1, 0.15) is 18.4 Å². The molecule has 144 valence electrons. The van der Waals surface area contributed by atoms with Gasteiger partial charge >= 0.3 is 0 Å². The Balaban J connectivity index is 1.28. The van der Waals surface area contributed by atoms with Gasteiger partial charge in [-0.1, -0.05) is 36.4 Å². The average Bonchev–Trinajstić information content (AvgIpc) is 3.40. The molecule has 0 spiro atoms. The number of rotatable bonds is 7. The number of ether oxygens (including phenoxy) is 1. The summed E-state index contributed by atoms with van der Waals surface area (Å²) in [6.45, 7) is 2.10. The molecule has 5 heteroatoms. The predicted molar refractivity (Wildman–Crippen MR) is 113 cm³/mol. The molecule has 1 saturated heterocycles. The Labute approximate surface area is 169 Å². The number of benzene rings is 2. The molecule has 28 heavy (non-hydrogen) atoms. The molecule has 0 aliphatic carbocycles. The van der Waals surface area contributed by atoms with Crippen molar-refractivity contribution in [2.24, 2.45) is 0 Å². The van der Waals surface area contributed by atoms with Crippen LogP contribution in [0, 0.1) is 0 Å². The van der Waals surface area contributed by atoms with E-state index in [1.165, 1.54) is 16.2 Å². The van der Waals surface area contributed by atoms with Crippen molar-refractivity contribution in [3.8, 4) is 5.75 Å². The van der Waals surface area contributed by atoms with Crippen LogP contribution in [0.2, 0.25) is 0 Å². The van der Waals surface area contributed by atoms with Crippen molar-refractivity contribution in [3.05, 3.63) is 82.6 Å². The second-order valence-corrected chi connectivity index (χ2v) is 8.12. The van der Waals surface area contributed by atoms with E-state index in [2.05, 4.69) is 22.8 Å². The smallest absolute Gasteiger partial charge is 0.279 e.